The van der Waals surface area contributed by atoms with Crippen LogP contribution in [-0.4, -0.2) is 7.11 Å². The zero-order valence-corrected chi connectivity index (χ0v) is 22.4. The Balaban J connectivity index is 1.46. The third kappa shape index (κ3) is 4.32. The minimum Gasteiger partial charge on any atom is -0.493 e. The molecule has 0 saturated heterocycles. The van der Waals surface area contributed by atoms with Crippen molar-refractivity contribution in [2.24, 2.45) is 5.92 Å². The molecule has 0 amide bonds. The van der Waals surface area contributed by atoms with Crippen LogP contribution in [0.25, 0.3) is 0 Å². The van der Waals surface area contributed by atoms with Gasteiger partial charge in [0.15, 0.2) is 11.5 Å². The van der Waals surface area contributed by atoms with Gasteiger partial charge in [0.2, 0.25) is 0 Å². The number of rotatable bonds is 5. The summed E-state index contributed by atoms with van der Waals surface area (Å²) in [6.45, 7) is 4.71. The van der Waals surface area contributed by atoms with E-state index in [9.17, 15) is 0 Å². The number of fused-ring (bicyclic) bond motifs is 3. The van der Waals surface area contributed by atoms with Crippen molar-refractivity contribution in [2.75, 3.05) is 12.4 Å². The van der Waals surface area contributed by atoms with Crippen LogP contribution in [0.4, 0.5) is 5.69 Å². The van der Waals surface area contributed by atoms with Gasteiger partial charge in [-0.05, 0) is 88.6 Å². The van der Waals surface area contributed by atoms with Gasteiger partial charge in [-0.3, -0.25) is 0 Å². The molecule has 1 heterocycles. The third-order valence-corrected chi connectivity index (χ3v) is 8.12. The molecule has 0 unspecified atom stereocenters. The molecule has 0 saturated carbocycles. The number of nitrogens with one attached hydrogen (secondary N) is 1. The van der Waals surface area contributed by atoms with Gasteiger partial charge in [0.05, 0.1) is 27.7 Å². The van der Waals surface area contributed by atoms with Crippen LogP contribution in [0, 0.1) is 19.8 Å². The highest BCUT2D eigenvalue weighted by Gasteiger charge is 2.39. The molecule has 0 spiro atoms. The summed E-state index contributed by atoms with van der Waals surface area (Å²) in [6, 6.07) is 14.5. The van der Waals surface area contributed by atoms with E-state index in [1.54, 1.807) is 13.2 Å². The van der Waals surface area contributed by atoms with E-state index in [4.69, 9.17) is 32.7 Å². The molecule has 0 radical (unpaired) electrons. The van der Waals surface area contributed by atoms with Crippen LogP contribution >= 0.6 is 39.1 Å². The molecule has 1 aliphatic heterocycles. The predicted molar refractivity (Wildman–Crippen MR) is 144 cm³/mol. The number of halogens is 3. The number of benzene rings is 3. The standard InChI is InChI=1S/C28H26BrCl2NO2/c1-15-9-16(2)26-21(10-15)19-5-4-6-20(19)27(32-26)18-12-22(29)28(25(13-18)33-3)34-14-17-7-8-23(30)24(31)11-17/h4-5,7-13,19-20,27,32H,6,14H2,1-3H3/t19-,20+,27+/m1/s1. The van der Waals surface area contributed by atoms with Gasteiger partial charge in [-0.25, -0.2) is 0 Å². The van der Waals surface area contributed by atoms with Crippen molar-refractivity contribution in [2.45, 2.75) is 38.8 Å². The Morgan fingerprint density at radius 2 is 1.88 bits per heavy atom. The van der Waals surface area contributed by atoms with Gasteiger partial charge >= 0.3 is 0 Å². The summed E-state index contributed by atoms with van der Waals surface area (Å²) >= 11 is 15.9. The second-order valence-corrected chi connectivity index (χ2v) is 10.8. The fourth-order valence-corrected chi connectivity index (χ4v) is 6.14. The first-order valence-electron chi connectivity index (χ1n) is 11.3. The molecule has 3 aromatic rings. The maximum Gasteiger partial charge on any atom is 0.175 e. The van der Waals surface area contributed by atoms with Gasteiger partial charge < -0.3 is 14.8 Å². The molecule has 3 nitrogen and oxygen atoms in total. The van der Waals surface area contributed by atoms with Crippen LogP contribution in [0.3, 0.4) is 0 Å². The number of aryl methyl sites for hydroxylation is 2. The lowest BCUT2D eigenvalue weighted by atomic mass is 9.76. The Labute approximate surface area is 219 Å². The molecule has 3 aromatic carbocycles. The van der Waals surface area contributed by atoms with Crippen molar-refractivity contribution < 1.29 is 9.47 Å². The van der Waals surface area contributed by atoms with E-state index < -0.39 is 0 Å². The molecule has 176 valence electrons. The summed E-state index contributed by atoms with van der Waals surface area (Å²) in [4.78, 5) is 0. The molecule has 5 rings (SSSR count). The average Bonchev–Trinajstić information content (AvgIpc) is 3.30. The van der Waals surface area contributed by atoms with Gasteiger partial charge in [0.25, 0.3) is 0 Å². The van der Waals surface area contributed by atoms with E-state index in [2.05, 4.69) is 71.5 Å². The molecule has 1 aliphatic carbocycles. The summed E-state index contributed by atoms with van der Waals surface area (Å²) in [5, 5.41) is 4.90. The van der Waals surface area contributed by atoms with Gasteiger partial charge in [0.1, 0.15) is 6.61 Å². The molecule has 2 aliphatic rings. The fraction of sp³-hybridized carbons (Fsp3) is 0.286. The molecular weight excluding hydrogens is 533 g/mol. The van der Waals surface area contributed by atoms with E-state index in [0.29, 0.717) is 40.0 Å². The van der Waals surface area contributed by atoms with Gasteiger partial charge in [-0.2, -0.15) is 0 Å². The van der Waals surface area contributed by atoms with E-state index >= 15 is 0 Å². The topological polar surface area (TPSA) is 30.5 Å². The summed E-state index contributed by atoms with van der Waals surface area (Å²) in [5.41, 5.74) is 7.35. The summed E-state index contributed by atoms with van der Waals surface area (Å²) in [7, 11) is 1.67. The van der Waals surface area contributed by atoms with Crippen molar-refractivity contribution in [3.8, 4) is 11.5 Å². The monoisotopic (exact) mass is 557 g/mol. The first kappa shape index (κ1) is 23.6. The first-order chi connectivity index (χ1) is 16.4. The summed E-state index contributed by atoms with van der Waals surface area (Å²) in [6.07, 6.45) is 5.74. The van der Waals surface area contributed by atoms with Gasteiger partial charge in [-0.15, -0.1) is 0 Å². The minimum absolute atomic E-state index is 0.170. The van der Waals surface area contributed by atoms with Crippen LogP contribution in [0.2, 0.25) is 10.0 Å². The second-order valence-electron chi connectivity index (χ2n) is 9.09. The zero-order valence-electron chi connectivity index (χ0n) is 19.3. The highest BCUT2D eigenvalue weighted by atomic mass is 79.9. The van der Waals surface area contributed by atoms with Crippen LogP contribution in [0.1, 0.15) is 46.2 Å². The average molecular weight is 559 g/mol. The van der Waals surface area contributed by atoms with Gasteiger partial charge in [0, 0.05) is 11.6 Å². The predicted octanol–water partition coefficient (Wildman–Crippen LogP) is 8.79. The molecule has 1 N–H and O–H groups in total. The zero-order chi connectivity index (χ0) is 24.0. The van der Waals surface area contributed by atoms with Crippen molar-refractivity contribution in [1.82, 2.24) is 0 Å². The molecular formula is C28H26BrCl2NO2. The van der Waals surface area contributed by atoms with Gasteiger partial charge in [-0.1, -0.05) is 59.1 Å². The minimum atomic E-state index is 0.170. The molecule has 0 fully saturated rings. The number of methoxy groups -OCH3 is 1. The van der Waals surface area contributed by atoms with Crippen molar-refractivity contribution >= 4 is 44.8 Å². The number of hydrogen-bond acceptors (Lipinski definition) is 3. The maximum absolute atomic E-state index is 6.16. The Morgan fingerprint density at radius 3 is 2.65 bits per heavy atom. The molecule has 6 heteroatoms. The first-order valence-corrected chi connectivity index (χ1v) is 12.9. The van der Waals surface area contributed by atoms with E-state index in [1.165, 1.54) is 27.9 Å². The Kier molecular flexibility index (Phi) is 6.58. The van der Waals surface area contributed by atoms with E-state index in [1.807, 2.05) is 12.1 Å². The molecule has 0 bridgehead atoms. The Bertz CT molecular complexity index is 1290. The number of ether oxygens (including phenoxy) is 2. The number of allylic oxidation sites excluding steroid dienone is 2. The highest BCUT2D eigenvalue weighted by molar-refractivity contribution is 9.10. The van der Waals surface area contributed by atoms with Crippen LogP contribution in [0.15, 0.2) is 59.1 Å². The Morgan fingerprint density at radius 1 is 1.06 bits per heavy atom. The van der Waals surface area contributed by atoms with Crippen molar-refractivity contribution in [1.29, 1.82) is 0 Å². The van der Waals surface area contributed by atoms with E-state index in [0.717, 1.165) is 16.5 Å². The Hall–Kier alpha value is -2.14. The van der Waals surface area contributed by atoms with Crippen LogP contribution in [-0.2, 0) is 6.61 Å². The normalized spacial score (nSPS) is 20.5. The van der Waals surface area contributed by atoms with Crippen LogP contribution < -0.4 is 14.8 Å². The fourth-order valence-electron chi connectivity index (χ4n) is 5.25. The van der Waals surface area contributed by atoms with Crippen molar-refractivity contribution in [3.05, 3.63) is 97.0 Å². The second kappa shape index (κ2) is 9.49. The molecule has 34 heavy (non-hydrogen) atoms. The lowest BCUT2D eigenvalue weighted by Crippen LogP contribution is -2.29. The SMILES string of the molecule is COc1cc([C@@H]2Nc3c(C)cc(C)cc3[C@@H]3C=CC[C@@H]32)cc(Br)c1OCc1ccc(Cl)c(Cl)c1. The summed E-state index contributed by atoms with van der Waals surface area (Å²) < 4.78 is 12.8. The smallest absolute Gasteiger partial charge is 0.175 e. The maximum atomic E-state index is 6.16. The van der Waals surface area contributed by atoms with E-state index in [-0.39, 0.29) is 6.04 Å². The lowest BCUT2D eigenvalue weighted by Gasteiger charge is -2.39. The molecule has 0 aromatic heterocycles. The number of anilines is 1. The highest BCUT2D eigenvalue weighted by Crippen LogP contribution is 2.52. The number of hydrogen-bond donors (Lipinski definition) is 1. The quantitative estimate of drug-likeness (QED) is 0.317. The molecule has 3 atom stereocenters. The largest absolute Gasteiger partial charge is 0.493 e. The van der Waals surface area contributed by atoms with Crippen molar-refractivity contribution in [3.63, 3.8) is 0 Å². The third-order valence-electron chi connectivity index (χ3n) is 6.79. The lowest BCUT2D eigenvalue weighted by molar-refractivity contribution is 0.282. The summed E-state index contributed by atoms with van der Waals surface area (Å²) in [5.74, 6) is 2.23. The van der Waals surface area contributed by atoms with Crippen LogP contribution in [0.5, 0.6) is 11.5 Å².